The predicted octanol–water partition coefficient (Wildman–Crippen LogP) is 4.96. The lowest BCUT2D eigenvalue weighted by atomic mass is 9.82. The molecular formula is C21H18O3S. The zero-order valence-corrected chi connectivity index (χ0v) is 14.7. The van der Waals surface area contributed by atoms with Crippen molar-refractivity contribution in [3.63, 3.8) is 0 Å². The van der Waals surface area contributed by atoms with E-state index in [0.29, 0.717) is 22.8 Å². The molecule has 0 radical (unpaired) electrons. The average Bonchev–Trinajstić information content (AvgIpc) is 2.64. The van der Waals surface area contributed by atoms with Gasteiger partial charge in [0.2, 0.25) is 0 Å². The van der Waals surface area contributed by atoms with Crippen molar-refractivity contribution >= 4 is 11.8 Å². The standard InChI is InChI=1S/C21H18O3S/c1-13-11-17-18(22)20(25-12-14-7-3-2-4-8-14)21(23)24-19(17)16-10-6-5-9-15(13)16/h2-10,13,22H,11-12H2,1H3. The van der Waals surface area contributed by atoms with E-state index >= 15 is 0 Å². The van der Waals surface area contributed by atoms with Gasteiger partial charge in [-0.05, 0) is 23.5 Å². The molecule has 4 heteroatoms. The monoisotopic (exact) mass is 350 g/mol. The van der Waals surface area contributed by atoms with Crippen LogP contribution in [0.15, 0.2) is 68.7 Å². The maximum atomic E-state index is 12.5. The van der Waals surface area contributed by atoms with Gasteiger partial charge >= 0.3 is 5.63 Å². The Balaban J connectivity index is 1.75. The van der Waals surface area contributed by atoms with E-state index < -0.39 is 5.63 Å². The Hall–Kier alpha value is -2.46. The summed E-state index contributed by atoms with van der Waals surface area (Å²) in [6.07, 6.45) is 0.668. The Labute approximate surface area is 150 Å². The molecule has 1 aromatic heterocycles. The fraction of sp³-hybridized carbons (Fsp3) is 0.190. The first-order valence-electron chi connectivity index (χ1n) is 8.30. The van der Waals surface area contributed by atoms with Crippen molar-refractivity contribution < 1.29 is 9.52 Å². The van der Waals surface area contributed by atoms with E-state index in [-0.39, 0.29) is 11.7 Å². The van der Waals surface area contributed by atoms with Gasteiger partial charge < -0.3 is 9.52 Å². The fourth-order valence-corrected chi connectivity index (χ4v) is 4.28. The Bertz CT molecular complexity index is 976. The van der Waals surface area contributed by atoms with Gasteiger partial charge in [-0.1, -0.05) is 61.5 Å². The number of benzene rings is 2. The molecule has 0 bridgehead atoms. The van der Waals surface area contributed by atoms with Crippen LogP contribution >= 0.6 is 11.8 Å². The molecule has 1 aliphatic carbocycles. The summed E-state index contributed by atoms with van der Waals surface area (Å²) in [6.45, 7) is 2.13. The van der Waals surface area contributed by atoms with Crippen LogP contribution in [-0.2, 0) is 12.2 Å². The van der Waals surface area contributed by atoms with Crippen molar-refractivity contribution in [1.29, 1.82) is 0 Å². The summed E-state index contributed by atoms with van der Waals surface area (Å²) in [4.78, 5) is 12.8. The second-order valence-corrected chi connectivity index (χ2v) is 7.33. The van der Waals surface area contributed by atoms with Crippen LogP contribution in [0.5, 0.6) is 5.75 Å². The fourth-order valence-electron chi connectivity index (χ4n) is 3.36. The number of hydrogen-bond donors (Lipinski definition) is 1. The maximum Gasteiger partial charge on any atom is 0.353 e. The molecule has 1 N–H and O–H groups in total. The van der Waals surface area contributed by atoms with Crippen molar-refractivity contribution in [1.82, 2.24) is 0 Å². The van der Waals surface area contributed by atoms with Gasteiger partial charge in [-0.2, -0.15) is 0 Å². The van der Waals surface area contributed by atoms with Gasteiger partial charge in [0, 0.05) is 16.9 Å². The second-order valence-electron chi connectivity index (χ2n) is 6.34. The molecule has 1 aliphatic rings. The first kappa shape index (κ1) is 16.0. The molecule has 0 amide bonds. The molecule has 4 rings (SSSR count). The number of fused-ring (bicyclic) bond motifs is 3. The van der Waals surface area contributed by atoms with E-state index in [1.54, 1.807) is 0 Å². The number of rotatable bonds is 3. The molecule has 1 atom stereocenters. The normalized spacial score (nSPS) is 15.5. The summed E-state index contributed by atoms with van der Waals surface area (Å²) >= 11 is 1.33. The van der Waals surface area contributed by atoms with Crippen molar-refractivity contribution in [2.24, 2.45) is 0 Å². The lowest BCUT2D eigenvalue weighted by molar-refractivity contribution is 0.414. The highest BCUT2D eigenvalue weighted by molar-refractivity contribution is 7.98. The highest BCUT2D eigenvalue weighted by Crippen LogP contribution is 2.44. The minimum absolute atomic E-state index is 0.0773. The quantitative estimate of drug-likeness (QED) is 0.678. The molecule has 0 saturated heterocycles. The molecular weight excluding hydrogens is 332 g/mol. The van der Waals surface area contributed by atoms with Crippen LogP contribution in [0.2, 0.25) is 0 Å². The molecule has 0 fully saturated rings. The third-order valence-corrected chi connectivity index (χ3v) is 5.75. The van der Waals surface area contributed by atoms with Gasteiger partial charge in [0.25, 0.3) is 0 Å². The molecule has 1 unspecified atom stereocenters. The molecule has 0 saturated carbocycles. The lowest BCUT2D eigenvalue weighted by Gasteiger charge is -2.24. The molecule has 2 aromatic carbocycles. The van der Waals surface area contributed by atoms with Crippen molar-refractivity contribution in [2.45, 2.75) is 29.9 Å². The van der Waals surface area contributed by atoms with Crippen LogP contribution in [0.3, 0.4) is 0 Å². The van der Waals surface area contributed by atoms with Gasteiger partial charge in [-0.15, -0.1) is 11.8 Å². The summed E-state index contributed by atoms with van der Waals surface area (Å²) in [5.41, 5.74) is 3.43. The van der Waals surface area contributed by atoms with Crippen molar-refractivity contribution in [2.75, 3.05) is 0 Å². The molecule has 0 spiro atoms. The molecule has 126 valence electrons. The van der Waals surface area contributed by atoms with Crippen LogP contribution in [-0.4, -0.2) is 5.11 Å². The Morgan fingerprint density at radius 1 is 1.12 bits per heavy atom. The Morgan fingerprint density at radius 3 is 2.64 bits per heavy atom. The molecule has 25 heavy (non-hydrogen) atoms. The molecule has 0 aliphatic heterocycles. The predicted molar refractivity (Wildman–Crippen MR) is 100 cm³/mol. The maximum absolute atomic E-state index is 12.5. The third kappa shape index (κ3) is 2.87. The minimum atomic E-state index is -0.471. The minimum Gasteiger partial charge on any atom is -0.506 e. The average molecular weight is 350 g/mol. The van der Waals surface area contributed by atoms with Crippen molar-refractivity contribution in [3.05, 3.63) is 81.7 Å². The van der Waals surface area contributed by atoms with Gasteiger partial charge in [0.15, 0.2) is 0 Å². The lowest BCUT2D eigenvalue weighted by Crippen LogP contribution is -2.14. The Kier molecular flexibility index (Phi) is 4.14. The van der Waals surface area contributed by atoms with E-state index in [2.05, 4.69) is 13.0 Å². The van der Waals surface area contributed by atoms with Crippen LogP contribution in [0.1, 0.15) is 29.5 Å². The highest BCUT2D eigenvalue weighted by atomic mass is 32.2. The zero-order valence-electron chi connectivity index (χ0n) is 13.9. The number of hydrogen-bond acceptors (Lipinski definition) is 4. The van der Waals surface area contributed by atoms with Crippen LogP contribution in [0, 0.1) is 0 Å². The topological polar surface area (TPSA) is 50.4 Å². The SMILES string of the molecule is CC1Cc2c(oc(=O)c(SCc3ccccc3)c2O)-c2ccccc21. The van der Waals surface area contributed by atoms with E-state index in [4.69, 9.17) is 4.42 Å². The van der Waals surface area contributed by atoms with Gasteiger partial charge in [-0.3, -0.25) is 0 Å². The molecule has 3 nitrogen and oxygen atoms in total. The summed E-state index contributed by atoms with van der Waals surface area (Å²) < 4.78 is 5.64. The van der Waals surface area contributed by atoms with Crippen LogP contribution in [0.25, 0.3) is 11.3 Å². The zero-order chi connectivity index (χ0) is 17.4. The first-order chi connectivity index (χ1) is 12.1. The van der Waals surface area contributed by atoms with Crippen molar-refractivity contribution in [3.8, 4) is 17.1 Å². The third-order valence-electron chi connectivity index (χ3n) is 4.63. The van der Waals surface area contributed by atoms with Gasteiger partial charge in [-0.25, -0.2) is 4.79 Å². The van der Waals surface area contributed by atoms with Gasteiger partial charge in [0.05, 0.1) is 0 Å². The summed E-state index contributed by atoms with van der Waals surface area (Å²) in [6, 6.07) is 17.8. The molecule has 3 aromatic rings. The Morgan fingerprint density at radius 2 is 1.84 bits per heavy atom. The number of aromatic hydroxyl groups is 1. The highest BCUT2D eigenvalue weighted by Gasteiger charge is 2.29. The second kappa shape index (κ2) is 6.45. The van der Waals surface area contributed by atoms with Gasteiger partial charge in [0.1, 0.15) is 16.4 Å². The van der Waals surface area contributed by atoms with E-state index in [0.717, 1.165) is 22.3 Å². The largest absolute Gasteiger partial charge is 0.506 e. The van der Waals surface area contributed by atoms with E-state index in [1.165, 1.54) is 11.8 Å². The van der Waals surface area contributed by atoms with Crippen LogP contribution < -0.4 is 5.63 Å². The van der Waals surface area contributed by atoms with E-state index in [9.17, 15) is 9.90 Å². The number of thioether (sulfide) groups is 1. The van der Waals surface area contributed by atoms with Crippen LogP contribution in [0.4, 0.5) is 0 Å². The smallest absolute Gasteiger partial charge is 0.353 e. The summed E-state index contributed by atoms with van der Waals surface area (Å²) in [5.74, 6) is 1.48. The molecule has 1 heterocycles. The first-order valence-corrected chi connectivity index (χ1v) is 9.28. The summed E-state index contributed by atoms with van der Waals surface area (Å²) in [5, 5.41) is 10.8. The van der Waals surface area contributed by atoms with E-state index in [1.807, 2.05) is 48.5 Å². The summed E-state index contributed by atoms with van der Waals surface area (Å²) in [7, 11) is 0.